The molecule has 2 aliphatic rings. The van der Waals surface area contributed by atoms with E-state index in [9.17, 15) is 9.59 Å². The number of hydrogen-bond donors (Lipinski definition) is 3. The molecule has 1 fully saturated rings. The molecule has 2 heterocycles. The van der Waals surface area contributed by atoms with Gasteiger partial charge in [0, 0.05) is 31.4 Å². The SMILES string of the molecule is NC1=NC(c2ccccc2)(c2ccccc2)C(=O)N1CCCCNC(=O)[C@@]1(N)C[C@@H]1c1cccnc1. The number of rotatable bonds is 9. The minimum Gasteiger partial charge on any atom is -0.369 e. The highest BCUT2D eigenvalue weighted by Crippen LogP contribution is 2.49. The molecule has 1 aliphatic carbocycles. The molecule has 5 rings (SSSR count). The van der Waals surface area contributed by atoms with Gasteiger partial charge in [-0.3, -0.25) is 19.5 Å². The van der Waals surface area contributed by atoms with Crippen molar-refractivity contribution in [1.82, 2.24) is 15.2 Å². The lowest BCUT2D eigenvalue weighted by atomic mass is 9.83. The molecule has 1 aliphatic heterocycles. The van der Waals surface area contributed by atoms with E-state index >= 15 is 0 Å². The van der Waals surface area contributed by atoms with Gasteiger partial charge in [0.25, 0.3) is 5.91 Å². The van der Waals surface area contributed by atoms with Crippen molar-refractivity contribution in [3.8, 4) is 0 Å². The largest absolute Gasteiger partial charge is 0.369 e. The summed E-state index contributed by atoms with van der Waals surface area (Å²) >= 11 is 0. The fourth-order valence-electron chi connectivity index (χ4n) is 4.99. The molecule has 184 valence electrons. The van der Waals surface area contributed by atoms with E-state index < -0.39 is 11.1 Å². The molecule has 2 aromatic carbocycles. The van der Waals surface area contributed by atoms with Gasteiger partial charge in [-0.25, -0.2) is 4.99 Å². The quantitative estimate of drug-likeness (QED) is 0.403. The van der Waals surface area contributed by atoms with Crippen LogP contribution in [-0.2, 0) is 15.1 Å². The lowest BCUT2D eigenvalue weighted by Crippen LogP contribution is -2.45. The normalized spacial score (nSPS) is 22.2. The van der Waals surface area contributed by atoms with Crippen LogP contribution in [0.2, 0.25) is 0 Å². The van der Waals surface area contributed by atoms with Crippen molar-refractivity contribution >= 4 is 17.8 Å². The Bertz CT molecular complexity index is 1230. The number of aliphatic imine (C=N–C) groups is 1. The molecule has 0 bridgehead atoms. The lowest BCUT2D eigenvalue weighted by Gasteiger charge is -2.27. The standard InChI is InChI=1S/C28H30N6O2/c29-26-33-28(21-11-3-1-4-12-21,22-13-5-2-6-14-22)25(36)34(26)17-8-7-16-32-24(35)27(30)18-23(27)20-10-9-15-31-19-20/h1-6,9-15,19,23H,7-8,16-18,30H2,(H2,29,33)(H,32,35)/t23-,27-/m1/s1. The first kappa shape index (κ1) is 23.7. The molecule has 1 aromatic heterocycles. The molecule has 0 unspecified atom stereocenters. The lowest BCUT2D eigenvalue weighted by molar-refractivity contribution is -0.130. The Balaban J connectivity index is 1.18. The predicted molar refractivity (Wildman–Crippen MR) is 138 cm³/mol. The van der Waals surface area contributed by atoms with Crippen LogP contribution >= 0.6 is 0 Å². The van der Waals surface area contributed by atoms with Crippen LogP contribution < -0.4 is 16.8 Å². The number of guanidine groups is 1. The molecule has 8 nitrogen and oxygen atoms in total. The summed E-state index contributed by atoms with van der Waals surface area (Å²) in [4.78, 5) is 36.8. The van der Waals surface area contributed by atoms with E-state index in [0.29, 0.717) is 32.4 Å². The molecular formula is C28H30N6O2. The van der Waals surface area contributed by atoms with E-state index in [1.165, 1.54) is 0 Å². The van der Waals surface area contributed by atoms with E-state index in [4.69, 9.17) is 16.5 Å². The number of nitrogens with two attached hydrogens (primary N) is 2. The minimum atomic E-state index is -1.19. The van der Waals surface area contributed by atoms with E-state index in [2.05, 4.69) is 10.3 Å². The Hall–Kier alpha value is -4.04. The van der Waals surface area contributed by atoms with Gasteiger partial charge < -0.3 is 16.8 Å². The van der Waals surface area contributed by atoms with Crippen molar-refractivity contribution in [3.63, 3.8) is 0 Å². The Morgan fingerprint density at radius 2 is 1.67 bits per heavy atom. The summed E-state index contributed by atoms with van der Waals surface area (Å²) in [5.74, 6) is -0.120. The highest BCUT2D eigenvalue weighted by atomic mass is 16.2. The van der Waals surface area contributed by atoms with Crippen LogP contribution in [0.15, 0.2) is 90.2 Å². The number of carbonyl (C=O) groups is 2. The van der Waals surface area contributed by atoms with Crippen molar-refractivity contribution in [2.75, 3.05) is 13.1 Å². The summed E-state index contributed by atoms with van der Waals surface area (Å²) < 4.78 is 0. The summed E-state index contributed by atoms with van der Waals surface area (Å²) in [5.41, 5.74) is 13.1. The molecular weight excluding hydrogens is 452 g/mol. The van der Waals surface area contributed by atoms with Gasteiger partial charge in [0.2, 0.25) is 5.91 Å². The number of hydrogen-bond acceptors (Lipinski definition) is 6. The third-order valence-electron chi connectivity index (χ3n) is 7.10. The van der Waals surface area contributed by atoms with Gasteiger partial charge in [0.1, 0.15) is 5.54 Å². The highest BCUT2D eigenvalue weighted by Gasteiger charge is 2.57. The molecule has 2 atom stereocenters. The molecule has 8 heteroatoms. The zero-order chi connectivity index (χ0) is 25.2. The monoisotopic (exact) mass is 482 g/mol. The van der Waals surface area contributed by atoms with E-state index in [1.54, 1.807) is 17.3 Å². The number of nitrogens with one attached hydrogen (secondary N) is 1. The maximum absolute atomic E-state index is 13.8. The number of nitrogens with zero attached hydrogens (tertiary/aromatic N) is 3. The first-order valence-corrected chi connectivity index (χ1v) is 12.2. The maximum atomic E-state index is 13.8. The first-order chi connectivity index (χ1) is 17.5. The average molecular weight is 483 g/mol. The Labute approximate surface area is 210 Å². The number of unbranched alkanes of at least 4 members (excludes halogenated alkanes) is 1. The van der Waals surface area contributed by atoms with Crippen LogP contribution in [0.25, 0.3) is 0 Å². The van der Waals surface area contributed by atoms with Crippen molar-refractivity contribution in [2.45, 2.75) is 36.3 Å². The molecule has 0 radical (unpaired) electrons. The van der Waals surface area contributed by atoms with Crippen molar-refractivity contribution < 1.29 is 9.59 Å². The fourth-order valence-corrected chi connectivity index (χ4v) is 4.99. The zero-order valence-electron chi connectivity index (χ0n) is 20.0. The molecule has 5 N–H and O–H groups in total. The van der Waals surface area contributed by atoms with Crippen LogP contribution in [0.1, 0.15) is 41.9 Å². The van der Waals surface area contributed by atoms with Gasteiger partial charge in [-0.1, -0.05) is 66.7 Å². The summed E-state index contributed by atoms with van der Waals surface area (Å²) in [7, 11) is 0. The smallest absolute Gasteiger partial charge is 0.266 e. The molecule has 3 aromatic rings. The maximum Gasteiger partial charge on any atom is 0.266 e. The Morgan fingerprint density at radius 3 is 2.28 bits per heavy atom. The number of pyridine rings is 1. The number of carbonyl (C=O) groups excluding carboxylic acids is 2. The third kappa shape index (κ3) is 4.13. The van der Waals surface area contributed by atoms with Gasteiger partial charge in [0.05, 0.1) is 0 Å². The van der Waals surface area contributed by atoms with Crippen LogP contribution in [-0.4, -0.2) is 46.3 Å². The van der Waals surface area contributed by atoms with Crippen LogP contribution in [0.5, 0.6) is 0 Å². The van der Waals surface area contributed by atoms with Crippen LogP contribution in [0, 0.1) is 0 Å². The molecule has 0 saturated heterocycles. The van der Waals surface area contributed by atoms with Gasteiger partial charge in [-0.15, -0.1) is 0 Å². The molecule has 1 saturated carbocycles. The minimum absolute atomic E-state index is 0.00599. The second-order valence-corrected chi connectivity index (χ2v) is 9.42. The van der Waals surface area contributed by atoms with Gasteiger partial charge in [-0.2, -0.15) is 0 Å². The Kier molecular flexibility index (Phi) is 6.28. The van der Waals surface area contributed by atoms with Crippen molar-refractivity contribution in [2.24, 2.45) is 16.5 Å². The number of aromatic nitrogens is 1. The highest BCUT2D eigenvalue weighted by molar-refractivity contribution is 6.09. The first-order valence-electron chi connectivity index (χ1n) is 12.2. The van der Waals surface area contributed by atoms with E-state index in [0.717, 1.165) is 16.7 Å². The zero-order valence-corrected chi connectivity index (χ0v) is 20.0. The molecule has 0 spiro atoms. The van der Waals surface area contributed by atoms with Crippen LogP contribution in [0.3, 0.4) is 0 Å². The molecule has 2 amide bonds. The van der Waals surface area contributed by atoms with Crippen molar-refractivity contribution in [3.05, 3.63) is 102 Å². The Morgan fingerprint density at radius 1 is 1.00 bits per heavy atom. The average Bonchev–Trinajstić information content (AvgIpc) is 3.56. The second kappa shape index (κ2) is 9.54. The number of benzene rings is 2. The van der Waals surface area contributed by atoms with Crippen molar-refractivity contribution in [1.29, 1.82) is 0 Å². The summed E-state index contributed by atoms with van der Waals surface area (Å²) in [6.45, 7) is 0.886. The van der Waals surface area contributed by atoms with Crippen LogP contribution in [0.4, 0.5) is 0 Å². The second-order valence-electron chi connectivity index (χ2n) is 9.42. The van der Waals surface area contributed by atoms with E-state index in [-0.39, 0.29) is 23.7 Å². The number of amides is 2. The fraction of sp³-hybridized carbons (Fsp3) is 0.286. The van der Waals surface area contributed by atoms with Gasteiger partial charge in [0.15, 0.2) is 11.5 Å². The molecule has 36 heavy (non-hydrogen) atoms. The predicted octanol–water partition coefficient (Wildman–Crippen LogP) is 2.26. The summed E-state index contributed by atoms with van der Waals surface area (Å²) in [5, 5.41) is 2.95. The summed E-state index contributed by atoms with van der Waals surface area (Å²) in [6, 6.07) is 22.8. The topological polar surface area (TPSA) is 127 Å². The summed E-state index contributed by atoms with van der Waals surface area (Å²) in [6.07, 6.45) is 5.42. The van der Waals surface area contributed by atoms with Gasteiger partial charge >= 0.3 is 0 Å². The van der Waals surface area contributed by atoms with Gasteiger partial charge in [-0.05, 0) is 42.0 Å². The van der Waals surface area contributed by atoms with E-state index in [1.807, 2.05) is 72.8 Å². The third-order valence-corrected chi connectivity index (χ3v) is 7.10.